The molecule has 0 aliphatic carbocycles. The maximum absolute atomic E-state index is 13.2. The van der Waals surface area contributed by atoms with Crippen LogP contribution < -0.4 is 0 Å². The molecule has 29 heavy (non-hydrogen) atoms. The van der Waals surface area contributed by atoms with Crippen molar-refractivity contribution < 1.29 is 14.3 Å². The highest BCUT2D eigenvalue weighted by molar-refractivity contribution is 5.94. The topological polar surface area (TPSA) is 96.4 Å². The van der Waals surface area contributed by atoms with Crippen LogP contribution in [0.5, 0.6) is 0 Å². The normalized spacial score (nSPS) is 22.2. The average Bonchev–Trinajstić information content (AvgIpc) is 3.23. The molecule has 2 aromatic heterocycles. The van der Waals surface area contributed by atoms with E-state index < -0.39 is 5.60 Å². The third-order valence-electron chi connectivity index (χ3n) is 5.49. The first-order valence-electron chi connectivity index (χ1n) is 9.97. The largest absolute Gasteiger partial charge is 0.444 e. The molecule has 1 N–H and O–H groups in total. The van der Waals surface area contributed by atoms with Gasteiger partial charge in [0.05, 0.1) is 24.5 Å². The Labute approximate surface area is 170 Å². The van der Waals surface area contributed by atoms with E-state index in [0.717, 1.165) is 17.0 Å². The average molecular weight is 400 g/mol. The van der Waals surface area contributed by atoms with Crippen molar-refractivity contribution in [3.8, 4) is 0 Å². The van der Waals surface area contributed by atoms with Gasteiger partial charge >= 0.3 is 6.09 Å². The van der Waals surface area contributed by atoms with Crippen LogP contribution in [0.4, 0.5) is 4.79 Å². The molecule has 4 heterocycles. The van der Waals surface area contributed by atoms with Gasteiger partial charge in [-0.1, -0.05) is 0 Å². The highest BCUT2D eigenvalue weighted by atomic mass is 16.6. The van der Waals surface area contributed by atoms with Crippen LogP contribution in [0.1, 0.15) is 61.1 Å². The van der Waals surface area contributed by atoms with E-state index in [1.807, 2.05) is 33.8 Å². The monoisotopic (exact) mass is 400 g/mol. The van der Waals surface area contributed by atoms with Gasteiger partial charge in [0.25, 0.3) is 5.91 Å². The highest BCUT2D eigenvalue weighted by Crippen LogP contribution is 2.31. The first-order chi connectivity index (χ1) is 13.6. The number of aromatic nitrogens is 4. The number of likely N-dealkylation sites (N-methyl/N-ethyl adjacent to an activating group) is 1. The SMILES string of the molecule is C[C@@H]1Cc2nn3c(c2CN1C(=O)OC(C)(C)C)C(=O)N(C)C[C@H](c1cc[nH]n1)C3. The summed E-state index contributed by atoms with van der Waals surface area (Å²) in [5.41, 5.74) is 2.63. The van der Waals surface area contributed by atoms with Gasteiger partial charge in [0, 0.05) is 43.7 Å². The minimum Gasteiger partial charge on any atom is -0.444 e. The molecule has 2 amide bonds. The van der Waals surface area contributed by atoms with E-state index in [-0.39, 0.29) is 24.0 Å². The minimum absolute atomic E-state index is 0.0496. The zero-order chi connectivity index (χ0) is 20.9. The van der Waals surface area contributed by atoms with E-state index in [0.29, 0.717) is 31.7 Å². The molecule has 2 aromatic rings. The van der Waals surface area contributed by atoms with E-state index in [4.69, 9.17) is 9.84 Å². The number of hydrogen-bond donors (Lipinski definition) is 1. The molecule has 0 aromatic carbocycles. The number of nitrogens with zero attached hydrogens (tertiary/aromatic N) is 5. The van der Waals surface area contributed by atoms with Crippen LogP contribution in [0.25, 0.3) is 0 Å². The Hall–Kier alpha value is -2.84. The number of nitrogens with one attached hydrogen (secondary N) is 1. The summed E-state index contributed by atoms with van der Waals surface area (Å²) in [6.07, 6.45) is 2.02. The molecule has 0 fully saturated rings. The van der Waals surface area contributed by atoms with Crippen molar-refractivity contribution in [3.63, 3.8) is 0 Å². The third-order valence-corrected chi connectivity index (χ3v) is 5.49. The second-order valence-corrected chi connectivity index (χ2v) is 9.00. The summed E-state index contributed by atoms with van der Waals surface area (Å²) in [7, 11) is 1.80. The van der Waals surface area contributed by atoms with Crippen molar-refractivity contribution in [1.29, 1.82) is 0 Å². The minimum atomic E-state index is -0.570. The van der Waals surface area contributed by atoms with Gasteiger partial charge in [0.2, 0.25) is 0 Å². The molecule has 0 spiro atoms. The van der Waals surface area contributed by atoms with E-state index in [9.17, 15) is 9.59 Å². The van der Waals surface area contributed by atoms with Crippen LogP contribution in [-0.2, 0) is 24.2 Å². The predicted octanol–water partition coefficient (Wildman–Crippen LogP) is 2.16. The van der Waals surface area contributed by atoms with Crippen LogP contribution >= 0.6 is 0 Å². The first-order valence-corrected chi connectivity index (χ1v) is 9.97. The number of carbonyl (C=O) groups is 2. The summed E-state index contributed by atoms with van der Waals surface area (Å²) in [5.74, 6) is -0.0207. The predicted molar refractivity (Wildman–Crippen MR) is 105 cm³/mol. The van der Waals surface area contributed by atoms with Gasteiger partial charge in [-0.2, -0.15) is 10.2 Å². The zero-order valence-corrected chi connectivity index (χ0v) is 17.6. The Morgan fingerprint density at radius 3 is 2.72 bits per heavy atom. The zero-order valence-electron chi connectivity index (χ0n) is 17.6. The molecule has 0 radical (unpaired) electrons. The van der Waals surface area contributed by atoms with Gasteiger partial charge in [-0.25, -0.2) is 4.79 Å². The Morgan fingerprint density at radius 2 is 2.07 bits per heavy atom. The van der Waals surface area contributed by atoms with Gasteiger partial charge in [-0.15, -0.1) is 0 Å². The summed E-state index contributed by atoms with van der Waals surface area (Å²) in [6, 6.07) is 1.88. The number of carbonyl (C=O) groups excluding carboxylic acids is 2. The molecule has 2 aliphatic rings. The van der Waals surface area contributed by atoms with Gasteiger partial charge < -0.3 is 14.5 Å². The Balaban J connectivity index is 1.68. The van der Waals surface area contributed by atoms with Crippen molar-refractivity contribution in [2.75, 3.05) is 13.6 Å². The standard InChI is InChI=1S/C20H28N6O3/c1-12-8-16-14(11-25(12)19(28)29-20(2,3)4)17-18(27)24(5)9-13(10-26(17)23-16)15-6-7-21-22-15/h6-7,12-13H,8-11H2,1-5H3,(H,21,22)/t12-,13+/m1/s1. The molecule has 4 rings (SSSR count). The molecule has 9 nitrogen and oxygen atoms in total. The number of aromatic amines is 1. The lowest BCUT2D eigenvalue weighted by atomic mass is 9.99. The molecule has 0 saturated carbocycles. The lowest BCUT2D eigenvalue weighted by molar-refractivity contribution is 0.0136. The molecule has 0 saturated heterocycles. The molecule has 2 aliphatic heterocycles. The maximum atomic E-state index is 13.2. The Kier molecular flexibility index (Phi) is 4.63. The Morgan fingerprint density at radius 1 is 1.31 bits per heavy atom. The van der Waals surface area contributed by atoms with Gasteiger partial charge in [-0.3, -0.25) is 14.6 Å². The quantitative estimate of drug-likeness (QED) is 0.791. The van der Waals surface area contributed by atoms with E-state index >= 15 is 0 Å². The lowest BCUT2D eigenvalue weighted by Crippen LogP contribution is -2.45. The van der Waals surface area contributed by atoms with Crippen LogP contribution in [0.2, 0.25) is 0 Å². The molecule has 9 heteroatoms. The second kappa shape index (κ2) is 6.89. The summed E-state index contributed by atoms with van der Waals surface area (Å²) in [5, 5.41) is 11.9. The van der Waals surface area contributed by atoms with E-state index in [1.54, 1.807) is 27.7 Å². The molecule has 156 valence electrons. The van der Waals surface area contributed by atoms with Crippen LogP contribution in [-0.4, -0.2) is 67.0 Å². The molecule has 0 unspecified atom stereocenters. The fourth-order valence-corrected chi connectivity index (χ4v) is 4.08. The summed E-state index contributed by atoms with van der Waals surface area (Å²) in [4.78, 5) is 29.3. The number of fused-ring (bicyclic) bond motifs is 3. The second-order valence-electron chi connectivity index (χ2n) is 9.00. The number of hydrogen-bond acceptors (Lipinski definition) is 5. The summed E-state index contributed by atoms with van der Waals surface area (Å²) in [6.45, 7) is 9.00. The van der Waals surface area contributed by atoms with Crippen molar-refractivity contribution in [2.45, 2.75) is 64.8 Å². The fraction of sp³-hybridized carbons (Fsp3) is 0.600. The van der Waals surface area contributed by atoms with Crippen molar-refractivity contribution in [1.82, 2.24) is 29.8 Å². The van der Waals surface area contributed by atoms with E-state index in [2.05, 4.69) is 10.2 Å². The number of amides is 2. The third kappa shape index (κ3) is 3.61. The molecule has 0 bridgehead atoms. The number of H-pyrrole nitrogens is 1. The smallest absolute Gasteiger partial charge is 0.410 e. The summed E-state index contributed by atoms with van der Waals surface area (Å²) >= 11 is 0. The maximum Gasteiger partial charge on any atom is 0.410 e. The summed E-state index contributed by atoms with van der Waals surface area (Å²) < 4.78 is 7.38. The fourth-order valence-electron chi connectivity index (χ4n) is 4.08. The molecular weight excluding hydrogens is 372 g/mol. The van der Waals surface area contributed by atoms with Gasteiger partial charge in [0.15, 0.2) is 0 Å². The van der Waals surface area contributed by atoms with Crippen LogP contribution in [0.15, 0.2) is 12.3 Å². The highest BCUT2D eigenvalue weighted by Gasteiger charge is 2.38. The Bertz CT molecular complexity index is 927. The number of ether oxygens (including phenoxy) is 1. The molecular formula is C20H28N6O3. The van der Waals surface area contributed by atoms with Gasteiger partial charge in [-0.05, 0) is 33.8 Å². The van der Waals surface area contributed by atoms with Gasteiger partial charge in [0.1, 0.15) is 11.3 Å². The van der Waals surface area contributed by atoms with Crippen LogP contribution in [0.3, 0.4) is 0 Å². The number of rotatable bonds is 1. The van der Waals surface area contributed by atoms with Crippen molar-refractivity contribution in [3.05, 3.63) is 34.9 Å². The molecule has 2 atom stereocenters. The van der Waals surface area contributed by atoms with Crippen molar-refractivity contribution >= 4 is 12.0 Å². The lowest BCUT2D eigenvalue weighted by Gasteiger charge is -2.34. The van der Waals surface area contributed by atoms with Crippen LogP contribution in [0, 0.1) is 0 Å². The first kappa shape index (κ1) is 19.5. The van der Waals surface area contributed by atoms with E-state index in [1.165, 1.54) is 0 Å². The van der Waals surface area contributed by atoms with Crippen molar-refractivity contribution in [2.24, 2.45) is 0 Å².